The van der Waals surface area contributed by atoms with E-state index in [0.29, 0.717) is 5.95 Å². The molecule has 1 N–H and O–H groups in total. The Bertz CT molecular complexity index is 1240. The lowest BCUT2D eigenvalue weighted by Crippen LogP contribution is -2.45. The Morgan fingerprint density at radius 2 is 2.00 bits per heavy atom. The van der Waals surface area contributed by atoms with Crippen molar-refractivity contribution in [3.63, 3.8) is 0 Å². The largest absolute Gasteiger partial charge is 0.374 e. The number of aromatic nitrogens is 4. The Morgan fingerprint density at radius 1 is 1.15 bits per heavy atom. The molecular formula is C26H31N7O. The van der Waals surface area contributed by atoms with Gasteiger partial charge in [0.15, 0.2) is 0 Å². The van der Waals surface area contributed by atoms with Crippen molar-refractivity contribution in [3.8, 4) is 5.82 Å². The molecule has 0 radical (unpaired) electrons. The average Bonchev–Trinajstić information content (AvgIpc) is 3.28. The number of nitrogens with zero attached hydrogens (tertiary/aromatic N) is 6. The molecule has 0 amide bonds. The van der Waals surface area contributed by atoms with E-state index in [-0.39, 0.29) is 12.1 Å². The second kappa shape index (κ2) is 9.79. The molecule has 2 atom stereocenters. The zero-order chi connectivity index (χ0) is 23.5. The van der Waals surface area contributed by atoms with Crippen molar-refractivity contribution in [1.82, 2.24) is 24.4 Å². The fourth-order valence-corrected chi connectivity index (χ4v) is 4.38. The molecule has 1 aliphatic heterocycles. The van der Waals surface area contributed by atoms with Crippen molar-refractivity contribution in [2.45, 2.75) is 19.1 Å². The van der Waals surface area contributed by atoms with Gasteiger partial charge in [0.05, 0.1) is 29.8 Å². The smallest absolute Gasteiger partial charge is 0.225 e. The maximum atomic E-state index is 5.93. The third-order valence-corrected chi connectivity index (χ3v) is 6.32. The van der Waals surface area contributed by atoms with Gasteiger partial charge in [0, 0.05) is 38.6 Å². The van der Waals surface area contributed by atoms with Gasteiger partial charge in [-0.15, -0.1) is 0 Å². The molecule has 2 aromatic heterocycles. The number of hydrogen-bond donors (Lipinski definition) is 1. The molecule has 0 bridgehead atoms. The maximum absolute atomic E-state index is 5.93. The summed E-state index contributed by atoms with van der Waals surface area (Å²) < 4.78 is 7.93. The molecule has 1 saturated heterocycles. The number of rotatable bonds is 7. The van der Waals surface area contributed by atoms with E-state index in [0.717, 1.165) is 48.8 Å². The van der Waals surface area contributed by atoms with Gasteiger partial charge in [-0.3, -0.25) is 4.57 Å². The molecule has 0 saturated carbocycles. The summed E-state index contributed by atoms with van der Waals surface area (Å²) in [4.78, 5) is 18.4. The predicted octanol–water partition coefficient (Wildman–Crippen LogP) is 3.76. The van der Waals surface area contributed by atoms with Gasteiger partial charge in [0.25, 0.3) is 0 Å². The number of imidazole rings is 1. The van der Waals surface area contributed by atoms with Crippen molar-refractivity contribution in [2.75, 3.05) is 50.6 Å². The highest BCUT2D eigenvalue weighted by Gasteiger charge is 2.20. The molecule has 0 spiro atoms. The maximum Gasteiger partial charge on any atom is 0.225 e. The highest BCUT2D eigenvalue weighted by molar-refractivity contribution is 5.81. The quantitative estimate of drug-likeness (QED) is 0.453. The first-order chi connectivity index (χ1) is 16.6. The third-order valence-electron chi connectivity index (χ3n) is 6.32. The third kappa shape index (κ3) is 4.88. The molecule has 3 heterocycles. The first-order valence-corrected chi connectivity index (χ1v) is 11.7. The zero-order valence-corrected chi connectivity index (χ0v) is 19.9. The molecule has 176 valence electrons. The normalized spacial score (nSPS) is 17.6. The predicted molar refractivity (Wildman–Crippen MR) is 136 cm³/mol. The molecule has 1 fully saturated rings. The summed E-state index contributed by atoms with van der Waals surface area (Å²) in [5, 5.41) is 3.40. The lowest BCUT2D eigenvalue weighted by Gasteiger charge is -2.33. The summed E-state index contributed by atoms with van der Waals surface area (Å²) in [7, 11) is 4.25. The molecule has 8 nitrogen and oxygen atoms in total. The number of fused-ring (bicyclic) bond motifs is 1. The van der Waals surface area contributed by atoms with Crippen LogP contribution in [-0.4, -0.2) is 70.9 Å². The summed E-state index contributed by atoms with van der Waals surface area (Å²) in [5.41, 5.74) is 4.24. The van der Waals surface area contributed by atoms with Crippen molar-refractivity contribution >= 4 is 22.7 Å². The number of ether oxygens (including phenoxy) is 1. The Kier molecular flexibility index (Phi) is 6.42. The van der Waals surface area contributed by atoms with E-state index < -0.39 is 0 Å². The highest BCUT2D eigenvalue weighted by Crippen LogP contribution is 2.24. The topological polar surface area (TPSA) is 71.3 Å². The van der Waals surface area contributed by atoms with E-state index in [4.69, 9.17) is 9.72 Å². The molecule has 34 heavy (non-hydrogen) atoms. The van der Waals surface area contributed by atoms with Crippen molar-refractivity contribution in [3.05, 3.63) is 72.7 Å². The molecule has 1 aliphatic rings. The summed E-state index contributed by atoms with van der Waals surface area (Å²) in [6.07, 6.45) is 3.81. The van der Waals surface area contributed by atoms with E-state index in [9.17, 15) is 0 Å². The van der Waals surface area contributed by atoms with Crippen LogP contribution in [0.15, 0.2) is 67.1 Å². The fourth-order valence-electron chi connectivity index (χ4n) is 4.38. The van der Waals surface area contributed by atoms with Crippen molar-refractivity contribution in [2.24, 2.45) is 0 Å². The van der Waals surface area contributed by atoms with Crippen LogP contribution in [0, 0.1) is 0 Å². The minimum atomic E-state index is 0.0991. The second-order valence-corrected chi connectivity index (χ2v) is 8.94. The first kappa shape index (κ1) is 22.3. The number of benzene rings is 2. The van der Waals surface area contributed by atoms with E-state index in [1.54, 1.807) is 6.20 Å². The van der Waals surface area contributed by atoms with Gasteiger partial charge >= 0.3 is 0 Å². The van der Waals surface area contributed by atoms with E-state index in [2.05, 4.69) is 76.4 Å². The average molecular weight is 458 g/mol. The summed E-state index contributed by atoms with van der Waals surface area (Å²) >= 11 is 0. The summed E-state index contributed by atoms with van der Waals surface area (Å²) in [6, 6.07) is 18.6. The zero-order valence-electron chi connectivity index (χ0n) is 19.9. The van der Waals surface area contributed by atoms with Crippen LogP contribution in [0.3, 0.4) is 0 Å². The number of anilines is 2. The van der Waals surface area contributed by atoms with Gasteiger partial charge in [-0.05, 0) is 43.8 Å². The molecule has 8 heteroatoms. The molecule has 2 unspecified atom stereocenters. The van der Waals surface area contributed by atoms with Gasteiger partial charge in [0.2, 0.25) is 5.95 Å². The van der Waals surface area contributed by atoms with Crippen LogP contribution in [-0.2, 0) is 4.74 Å². The Hall–Kier alpha value is -3.49. The molecule has 0 aliphatic carbocycles. The molecule has 2 aromatic carbocycles. The number of hydrogen-bond acceptors (Lipinski definition) is 7. The summed E-state index contributed by atoms with van der Waals surface area (Å²) in [6.45, 7) is 5.69. The van der Waals surface area contributed by atoms with Crippen molar-refractivity contribution in [1.29, 1.82) is 0 Å². The van der Waals surface area contributed by atoms with Crippen LogP contribution in [0.1, 0.15) is 18.5 Å². The Balaban J connectivity index is 1.33. The lowest BCUT2D eigenvalue weighted by molar-refractivity contribution is -0.0142. The monoisotopic (exact) mass is 457 g/mol. The van der Waals surface area contributed by atoms with E-state index in [1.807, 2.05) is 35.2 Å². The summed E-state index contributed by atoms with van der Waals surface area (Å²) in [5.74, 6) is 1.37. The van der Waals surface area contributed by atoms with Crippen LogP contribution < -0.4 is 10.2 Å². The van der Waals surface area contributed by atoms with Crippen LogP contribution in [0.25, 0.3) is 16.9 Å². The standard InChI is InChI=1S/C26H31N7O/c1-19(20-7-5-4-6-8-20)29-26-27-12-11-25(30-26)33-18-28-23-15-21(9-10-24(23)33)32(3)17-22-16-31(2)13-14-34-22/h4-12,15,18-19,22H,13-14,16-17H2,1-3H3,(H,27,29,30). The van der Waals surface area contributed by atoms with Crippen LogP contribution >= 0.6 is 0 Å². The highest BCUT2D eigenvalue weighted by atomic mass is 16.5. The minimum Gasteiger partial charge on any atom is -0.374 e. The number of morpholine rings is 1. The Morgan fingerprint density at radius 3 is 2.82 bits per heavy atom. The van der Waals surface area contributed by atoms with Gasteiger partial charge in [-0.1, -0.05) is 30.3 Å². The fraction of sp³-hybridized carbons (Fsp3) is 0.346. The van der Waals surface area contributed by atoms with Gasteiger partial charge in [-0.25, -0.2) is 9.97 Å². The minimum absolute atomic E-state index is 0.0991. The van der Waals surface area contributed by atoms with Crippen LogP contribution in [0.4, 0.5) is 11.6 Å². The number of nitrogens with one attached hydrogen (secondary N) is 1. The van der Waals surface area contributed by atoms with Crippen molar-refractivity contribution < 1.29 is 4.74 Å². The van der Waals surface area contributed by atoms with Gasteiger partial charge in [-0.2, -0.15) is 4.98 Å². The molecule has 4 aromatic rings. The van der Waals surface area contributed by atoms with Gasteiger partial charge < -0.3 is 19.9 Å². The van der Waals surface area contributed by atoms with E-state index in [1.165, 1.54) is 5.56 Å². The SMILES string of the molecule is CC(Nc1nccc(-n2cnc3cc(N(C)CC4CN(C)CCO4)ccc32)n1)c1ccccc1. The molecular weight excluding hydrogens is 426 g/mol. The Labute approximate surface area is 200 Å². The van der Waals surface area contributed by atoms with E-state index >= 15 is 0 Å². The van der Waals surface area contributed by atoms with Crippen LogP contribution in [0.2, 0.25) is 0 Å². The number of likely N-dealkylation sites (N-methyl/N-ethyl adjacent to an activating group) is 2. The van der Waals surface area contributed by atoms with Gasteiger partial charge in [0.1, 0.15) is 12.1 Å². The van der Waals surface area contributed by atoms with Crippen LogP contribution in [0.5, 0.6) is 0 Å². The molecule has 5 rings (SSSR count). The second-order valence-electron chi connectivity index (χ2n) is 8.94. The lowest BCUT2D eigenvalue weighted by atomic mass is 10.1. The first-order valence-electron chi connectivity index (χ1n) is 11.7.